The highest BCUT2D eigenvalue weighted by atomic mass is 15.1. The number of aryl methyl sites for hydroxylation is 2. The SMILES string of the molecule is CCc1ccc(N(c2ccccc2)c2ccc(-c3ccc(N(c4ccccc4)c4ccc(C)cc4)cc3)cc2)cc1. The van der Waals surface area contributed by atoms with E-state index in [0.717, 1.165) is 40.5 Å². The molecule has 0 bridgehead atoms. The molecule has 0 amide bonds. The topological polar surface area (TPSA) is 6.48 Å². The maximum absolute atomic E-state index is 2.31. The summed E-state index contributed by atoms with van der Waals surface area (Å²) in [6, 6.07) is 56.4. The van der Waals surface area contributed by atoms with Crippen LogP contribution in [0, 0.1) is 6.92 Å². The first-order chi connectivity index (χ1) is 20.2. The summed E-state index contributed by atoms with van der Waals surface area (Å²) in [6.07, 6.45) is 1.03. The minimum Gasteiger partial charge on any atom is -0.311 e. The zero-order valence-corrected chi connectivity index (χ0v) is 23.6. The highest BCUT2D eigenvalue weighted by Gasteiger charge is 2.14. The Bertz CT molecular complexity index is 1670. The first kappa shape index (κ1) is 26.2. The van der Waals surface area contributed by atoms with Gasteiger partial charge in [0.15, 0.2) is 0 Å². The number of nitrogens with zero attached hydrogens (tertiary/aromatic N) is 2. The average molecular weight is 531 g/mol. The molecule has 0 saturated carbocycles. The monoisotopic (exact) mass is 530 g/mol. The van der Waals surface area contributed by atoms with Crippen LogP contribution in [0.25, 0.3) is 11.1 Å². The predicted molar refractivity (Wildman–Crippen MR) is 175 cm³/mol. The molecular formula is C39H34N2. The molecule has 200 valence electrons. The summed E-state index contributed by atoms with van der Waals surface area (Å²) < 4.78 is 0. The zero-order chi connectivity index (χ0) is 28.0. The van der Waals surface area contributed by atoms with Crippen LogP contribution in [0.3, 0.4) is 0 Å². The fourth-order valence-electron chi connectivity index (χ4n) is 5.23. The van der Waals surface area contributed by atoms with Gasteiger partial charge in [0, 0.05) is 34.1 Å². The minimum atomic E-state index is 1.03. The van der Waals surface area contributed by atoms with Crippen LogP contribution in [-0.4, -0.2) is 0 Å². The Morgan fingerprint density at radius 2 is 0.683 bits per heavy atom. The van der Waals surface area contributed by atoms with Crippen LogP contribution in [-0.2, 0) is 6.42 Å². The molecule has 2 heteroatoms. The Kier molecular flexibility index (Phi) is 7.64. The van der Waals surface area contributed by atoms with E-state index in [-0.39, 0.29) is 0 Å². The van der Waals surface area contributed by atoms with E-state index in [1.807, 2.05) is 0 Å². The van der Waals surface area contributed by atoms with E-state index in [1.165, 1.54) is 22.3 Å². The first-order valence-electron chi connectivity index (χ1n) is 14.3. The summed E-state index contributed by atoms with van der Waals surface area (Å²) >= 11 is 0. The summed E-state index contributed by atoms with van der Waals surface area (Å²) in [4.78, 5) is 4.61. The lowest BCUT2D eigenvalue weighted by Gasteiger charge is -2.26. The van der Waals surface area contributed by atoms with E-state index >= 15 is 0 Å². The van der Waals surface area contributed by atoms with Crippen molar-refractivity contribution >= 4 is 34.1 Å². The van der Waals surface area contributed by atoms with Crippen molar-refractivity contribution in [1.29, 1.82) is 0 Å². The van der Waals surface area contributed by atoms with Gasteiger partial charge in [0.2, 0.25) is 0 Å². The standard InChI is InChI=1S/C39H34N2/c1-3-31-16-24-37(25-17-31)41(35-12-8-5-9-13-35)39-28-20-33(21-29-39)32-18-26-38(27-19-32)40(34-10-6-4-7-11-34)36-22-14-30(2)15-23-36/h4-29H,3H2,1-2H3. The molecule has 6 rings (SSSR count). The third-order valence-electron chi connectivity index (χ3n) is 7.51. The average Bonchev–Trinajstić information content (AvgIpc) is 3.04. The van der Waals surface area contributed by atoms with E-state index in [0.29, 0.717) is 0 Å². The van der Waals surface area contributed by atoms with Gasteiger partial charge < -0.3 is 9.80 Å². The molecular weight excluding hydrogens is 496 g/mol. The third-order valence-corrected chi connectivity index (χ3v) is 7.51. The first-order valence-corrected chi connectivity index (χ1v) is 14.3. The molecule has 0 aromatic heterocycles. The van der Waals surface area contributed by atoms with Crippen molar-refractivity contribution in [2.75, 3.05) is 9.80 Å². The van der Waals surface area contributed by atoms with Gasteiger partial charge in [-0.1, -0.05) is 97.4 Å². The minimum absolute atomic E-state index is 1.03. The van der Waals surface area contributed by atoms with Gasteiger partial charge in [0.25, 0.3) is 0 Å². The van der Waals surface area contributed by atoms with Gasteiger partial charge in [-0.05, 0) is 103 Å². The summed E-state index contributed by atoms with van der Waals surface area (Å²) in [5.74, 6) is 0. The van der Waals surface area contributed by atoms with E-state index in [2.05, 4.69) is 181 Å². The van der Waals surface area contributed by atoms with E-state index in [9.17, 15) is 0 Å². The van der Waals surface area contributed by atoms with Crippen LogP contribution < -0.4 is 9.80 Å². The number of anilines is 6. The van der Waals surface area contributed by atoms with Crippen molar-refractivity contribution in [2.45, 2.75) is 20.3 Å². The van der Waals surface area contributed by atoms with Crippen molar-refractivity contribution in [3.05, 3.63) is 169 Å². The molecule has 6 aromatic rings. The number of hydrogen-bond donors (Lipinski definition) is 0. The Labute approximate surface area is 243 Å². The number of para-hydroxylation sites is 2. The lowest BCUT2D eigenvalue weighted by molar-refractivity contribution is 1.14. The van der Waals surface area contributed by atoms with Crippen LogP contribution in [0.2, 0.25) is 0 Å². The molecule has 0 heterocycles. The Morgan fingerprint density at radius 3 is 1.05 bits per heavy atom. The number of hydrogen-bond acceptors (Lipinski definition) is 2. The molecule has 0 spiro atoms. The number of rotatable bonds is 8. The molecule has 41 heavy (non-hydrogen) atoms. The third kappa shape index (κ3) is 5.78. The van der Waals surface area contributed by atoms with Crippen molar-refractivity contribution in [2.24, 2.45) is 0 Å². The van der Waals surface area contributed by atoms with E-state index in [4.69, 9.17) is 0 Å². The second kappa shape index (κ2) is 12.0. The maximum atomic E-state index is 2.31. The Balaban J connectivity index is 1.31. The van der Waals surface area contributed by atoms with Gasteiger partial charge >= 0.3 is 0 Å². The molecule has 0 aliphatic heterocycles. The fraction of sp³-hybridized carbons (Fsp3) is 0.0769. The quantitative estimate of drug-likeness (QED) is 0.193. The van der Waals surface area contributed by atoms with Crippen LogP contribution in [0.15, 0.2) is 158 Å². The van der Waals surface area contributed by atoms with Crippen molar-refractivity contribution in [1.82, 2.24) is 0 Å². The molecule has 0 N–H and O–H groups in total. The normalized spacial score (nSPS) is 10.8. The number of benzene rings is 6. The summed E-state index contributed by atoms with van der Waals surface area (Å²) in [5.41, 5.74) is 11.8. The lowest BCUT2D eigenvalue weighted by atomic mass is 10.0. The van der Waals surface area contributed by atoms with Crippen molar-refractivity contribution in [3.63, 3.8) is 0 Å². The van der Waals surface area contributed by atoms with Crippen LogP contribution in [0.4, 0.5) is 34.1 Å². The maximum Gasteiger partial charge on any atom is 0.0462 e. The molecule has 0 atom stereocenters. The second-order valence-electron chi connectivity index (χ2n) is 10.3. The zero-order valence-electron chi connectivity index (χ0n) is 23.6. The molecule has 0 aliphatic rings. The van der Waals surface area contributed by atoms with Crippen LogP contribution in [0.5, 0.6) is 0 Å². The molecule has 0 aliphatic carbocycles. The highest BCUT2D eigenvalue weighted by molar-refractivity contribution is 5.80. The van der Waals surface area contributed by atoms with E-state index < -0.39 is 0 Å². The fourth-order valence-corrected chi connectivity index (χ4v) is 5.23. The Hall–Kier alpha value is -5.08. The molecule has 2 nitrogen and oxygen atoms in total. The van der Waals surface area contributed by atoms with Crippen molar-refractivity contribution in [3.8, 4) is 11.1 Å². The second-order valence-corrected chi connectivity index (χ2v) is 10.3. The predicted octanol–water partition coefficient (Wildman–Crippen LogP) is 11.2. The van der Waals surface area contributed by atoms with Gasteiger partial charge in [0.05, 0.1) is 0 Å². The van der Waals surface area contributed by atoms with Gasteiger partial charge in [-0.25, -0.2) is 0 Å². The molecule has 6 aromatic carbocycles. The molecule has 0 saturated heterocycles. The molecule has 0 radical (unpaired) electrons. The van der Waals surface area contributed by atoms with Crippen molar-refractivity contribution < 1.29 is 0 Å². The van der Waals surface area contributed by atoms with Gasteiger partial charge in [0.1, 0.15) is 0 Å². The van der Waals surface area contributed by atoms with E-state index in [1.54, 1.807) is 0 Å². The highest BCUT2D eigenvalue weighted by Crippen LogP contribution is 2.38. The smallest absolute Gasteiger partial charge is 0.0462 e. The summed E-state index contributed by atoms with van der Waals surface area (Å²) in [7, 11) is 0. The van der Waals surface area contributed by atoms with Crippen LogP contribution in [0.1, 0.15) is 18.1 Å². The summed E-state index contributed by atoms with van der Waals surface area (Å²) in [5, 5.41) is 0. The van der Waals surface area contributed by atoms with Gasteiger partial charge in [-0.3, -0.25) is 0 Å². The summed E-state index contributed by atoms with van der Waals surface area (Å²) in [6.45, 7) is 4.31. The largest absolute Gasteiger partial charge is 0.311 e. The van der Waals surface area contributed by atoms with Gasteiger partial charge in [-0.15, -0.1) is 0 Å². The van der Waals surface area contributed by atoms with Crippen LogP contribution >= 0.6 is 0 Å². The Morgan fingerprint density at radius 1 is 0.366 bits per heavy atom. The lowest BCUT2D eigenvalue weighted by Crippen LogP contribution is -2.10. The molecule has 0 unspecified atom stereocenters. The van der Waals surface area contributed by atoms with Gasteiger partial charge in [-0.2, -0.15) is 0 Å². The molecule has 0 fully saturated rings.